The van der Waals surface area contributed by atoms with Crippen LogP contribution in [-0.2, 0) is 9.59 Å². The highest BCUT2D eigenvalue weighted by Gasteiger charge is 2.41. The van der Waals surface area contributed by atoms with E-state index in [0.717, 1.165) is 11.5 Å². The molecule has 0 bridgehead atoms. The van der Waals surface area contributed by atoms with Crippen molar-refractivity contribution in [3.63, 3.8) is 0 Å². The first kappa shape index (κ1) is 20.9. The molecular formula is C26H22FN3O3. The number of amides is 1. The Balaban J connectivity index is 1.57. The molecule has 0 spiro atoms. The Morgan fingerprint density at radius 2 is 1.94 bits per heavy atom. The topological polar surface area (TPSA) is 84.2 Å². The normalized spacial score (nSPS) is 20.4. The number of nitrogens with zero attached hydrogens (tertiary/aromatic N) is 1. The molecule has 0 saturated carbocycles. The lowest BCUT2D eigenvalue weighted by Crippen LogP contribution is -2.37. The standard InChI is InChI=1S/C26H22FN3O3/c1-15-23(26(32)30-22-6-2-3-11-28-22)24(16-7-9-18(27)10-8-16)25-19(29-15)13-17(14-20(25)31)21-5-4-12-33-21/h2-12,17,24,29H,13-14H2,1H3,(H,28,30,32)/t17-,24-/m0/s1. The highest BCUT2D eigenvalue weighted by molar-refractivity contribution is 6.09. The second kappa shape index (κ2) is 8.50. The van der Waals surface area contributed by atoms with Gasteiger partial charge in [-0.25, -0.2) is 9.37 Å². The van der Waals surface area contributed by atoms with Crippen molar-refractivity contribution < 1.29 is 18.4 Å². The predicted molar refractivity (Wildman–Crippen MR) is 121 cm³/mol. The lowest BCUT2D eigenvalue weighted by molar-refractivity contribution is -0.116. The summed E-state index contributed by atoms with van der Waals surface area (Å²) >= 11 is 0. The highest BCUT2D eigenvalue weighted by Crippen LogP contribution is 2.45. The Bertz CT molecular complexity index is 1260. The van der Waals surface area contributed by atoms with Crippen LogP contribution in [0.1, 0.15) is 42.9 Å². The maximum Gasteiger partial charge on any atom is 0.255 e. The number of benzene rings is 1. The summed E-state index contributed by atoms with van der Waals surface area (Å²) in [7, 11) is 0. The van der Waals surface area contributed by atoms with Gasteiger partial charge in [-0.2, -0.15) is 0 Å². The molecule has 0 radical (unpaired) electrons. The molecule has 0 fully saturated rings. The molecule has 0 saturated heterocycles. The third-order valence-corrected chi connectivity index (χ3v) is 6.13. The molecule has 2 N–H and O–H groups in total. The van der Waals surface area contributed by atoms with Crippen LogP contribution < -0.4 is 10.6 Å². The molecule has 1 aliphatic carbocycles. The largest absolute Gasteiger partial charge is 0.469 e. The van der Waals surface area contributed by atoms with Crippen LogP contribution in [0.2, 0.25) is 0 Å². The summed E-state index contributed by atoms with van der Waals surface area (Å²) in [5.41, 5.74) is 3.05. The van der Waals surface area contributed by atoms with Gasteiger partial charge in [-0.15, -0.1) is 0 Å². The van der Waals surface area contributed by atoms with E-state index in [1.807, 2.05) is 19.1 Å². The fraction of sp³-hybridized carbons (Fsp3) is 0.192. The number of furan rings is 1. The van der Waals surface area contributed by atoms with E-state index in [4.69, 9.17) is 4.42 Å². The lowest BCUT2D eigenvalue weighted by Gasteiger charge is -2.36. The predicted octanol–water partition coefficient (Wildman–Crippen LogP) is 4.81. The average Bonchev–Trinajstić information content (AvgIpc) is 3.34. The first-order valence-corrected chi connectivity index (χ1v) is 10.8. The van der Waals surface area contributed by atoms with E-state index >= 15 is 0 Å². The van der Waals surface area contributed by atoms with Crippen LogP contribution in [0.5, 0.6) is 0 Å². The van der Waals surface area contributed by atoms with Gasteiger partial charge in [0, 0.05) is 47.0 Å². The van der Waals surface area contributed by atoms with Gasteiger partial charge in [0.1, 0.15) is 17.4 Å². The summed E-state index contributed by atoms with van der Waals surface area (Å²) in [6.45, 7) is 1.81. The molecule has 0 unspecified atom stereocenters. The number of rotatable bonds is 4. The van der Waals surface area contributed by atoms with Gasteiger partial charge in [-0.1, -0.05) is 18.2 Å². The molecular weight excluding hydrogens is 421 g/mol. The molecule has 7 heteroatoms. The summed E-state index contributed by atoms with van der Waals surface area (Å²) in [5.74, 6) is -0.325. The number of anilines is 1. The molecule has 2 atom stereocenters. The minimum atomic E-state index is -0.615. The molecule has 5 rings (SSSR count). The number of allylic oxidation sites excluding steroid dienone is 3. The van der Waals surface area contributed by atoms with Crippen molar-refractivity contribution in [3.8, 4) is 0 Å². The highest BCUT2D eigenvalue weighted by atomic mass is 19.1. The van der Waals surface area contributed by atoms with Crippen LogP contribution in [0.3, 0.4) is 0 Å². The number of hydrogen-bond donors (Lipinski definition) is 2. The summed E-state index contributed by atoms with van der Waals surface area (Å²) < 4.78 is 19.2. The number of carbonyl (C=O) groups excluding carboxylic acids is 2. The van der Waals surface area contributed by atoms with Crippen LogP contribution in [-0.4, -0.2) is 16.7 Å². The monoisotopic (exact) mass is 443 g/mol. The van der Waals surface area contributed by atoms with Crippen molar-refractivity contribution in [1.82, 2.24) is 10.3 Å². The van der Waals surface area contributed by atoms with Crippen molar-refractivity contribution in [3.05, 3.63) is 107 Å². The fourth-order valence-electron chi connectivity index (χ4n) is 4.67. The third kappa shape index (κ3) is 3.98. The molecule has 1 aliphatic heterocycles. The van der Waals surface area contributed by atoms with Crippen LogP contribution in [0.4, 0.5) is 10.2 Å². The van der Waals surface area contributed by atoms with Gasteiger partial charge < -0.3 is 15.1 Å². The van der Waals surface area contributed by atoms with Gasteiger partial charge >= 0.3 is 0 Å². The number of halogens is 1. The number of pyridine rings is 1. The SMILES string of the molecule is CC1=C(C(=O)Nc2ccccn2)[C@H](c2ccc(F)cc2)C2=C(C[C@H](c3ccco3)CC2=O)N1. The molecule has 33 heavy (non-hydrogen) atoms. The second-order valence-electron chi connectivity index (χ2n) is 8.25. The Labute approximate surface area is 190 Å². The number of carbonyl (C=O) groups is 2. The number of ketones is 1. The van der Waals surface area contributed by atoms with Gasteiger partial charge in [0.2, 0.25) is 0 Å². The van der Waals surface area contributed by atoms with E-state index in [-0.39, 0.29) is 29.8 Å². The number of Topliss-reactive ketones (excluding diaryl/α,β-unsaturated/α-hetero) is 1. The van der Waals surface area contributed by atoms with Crippen LogP contribution in [0, 0.1) is 5.82 Å². The summed E-state index contributed by atoms with van der Waals surface area (Å²) in [4.78, 5) is 31.0. The van der Waals surface area contributed by atoms with Crippen molar-refractivity contribution in [2.45, 2.75) is 31.6 Å². The number of nitrogens with one attached hydrogen (secondary N) is 2. The maximum atomic E-state index is 13.7. The zero-order valence-electron chi connectivity index (χ0n) is 18.0. The Morgan fingerprint density at radius 3 is 2.64 bits per heavy atom. The summed E-state index contributed by atoms with van der Waals surface area (Å²) in [5, 5.41) is 6.13. The minimum Gasteiger partial charge on any atom is -0.469 e. The van der Waals surface area contributed by atoms with Crippen LogP contribution in [0.25, 0.3) is 0 Å². The van der Waals surface area contributed by atoms with Crippen molar-refractivity contribution in [2.75, 3.05) is 5.32 Å². The summed E-state index contributed by atoms with van der Waals surface area (Å²) in [6, 6.07) is 14.9. The number of aromatic nitrogens is 1. The van der Waals surface area contributed by atoms with Gasteiger partial charge in [-0.05, 0) is 55.3 Å². The number of hydrogen-bond acceptors (Lipinski definition) is 5. The molecule has 3 heterocycles. The quantitative estimate of drug-likeness (QED) is 0.604. The van der Waals surface area contributed by atoms with Gasteiger partial charge in [0.25, 0.3) is 5.91 Å². The number of dihydropyridines is 1. The Kier molecular flexibility index (Phi) is 5.38. The molecule has 2 aliphatic rings. The van der Waals surface area contributed by atoms with E-state index in [0.29, 0.717) is 34.6 Å². The van der Waals surface area contributed by atoms with E-state index < -0.39 is 5.92 Å². The van der Waals surface area contributed by atoms with E-state index in [2.05, 4.69) is 15.6 Å². The van der Waals surface area contributed by atoms with Crippen LogP contribution >= 0.6 is 0 Å². The molecule has 2 aromatic heterocycles. The molecule has 6 nitrogen and oxygen atoms in total. The van der Waals surface area contributed by atoms with E-state index in [1.165, 1.54) is 12.1 Å². The van der Waals surface area contributed by atoms with Gasteiger partial charge in [0.15, 0.2) is 5.78 Å². The molecule has 166 valence electrons. The summed E-state index contributed by atoms with van der Waals surface area (Å²) in [6.07, 6.45) is 4.05. The lowest BCUT2D eigenvalue weighted by atomic mass is 9.72. The Morgan fingerprint density at radius 1 is 1.12 bits per heavy atom. The minimum absolute atomic E-state index is 0.0601. The van der Waals surface area contributed by atoms with E-state index in [9.17, 15) is 14.0 Å². The van der Waals surface area contributed by atoms with Crippen molar-refractivity contribution in [2.24, 2.45) is 0 Å². The molecule has 1 amide bonds. The van der Waals surface area contributed by atoms with Crippen molar-refractivity contribution in [1.29, 1.82) is 0 Å². The first-order chi connectivity index (χ1) is 16.0. The van der Waals surface area contributed by atoms with E-state index in [1.54, 1.807) is 42.8 Å². The first-order valence-electron chi connectivity index (χ1n) is 10.8. The zero-order valence-corrected chi connectivity index (χ0v) is 18.0. The smallest absolute Gasteiger partial charge is 0.255 e. The van der Waals surface area contributed by atoms with Gasteiger partial charge in [0.05, 0.1) is 6.26 Å². The Hall–Kier alpha value is -4.00. The molecule has 3 aromatic rings. The van der Waals surface area contributed by atoms with Crippen molar-refractivity contribution >= 4 is 17.5 Å². The third-order valence-electron chi connectivity index (χ3n) is 6.13. The fourth-order valence-corrected chi connectivity index (χ4v) is 4.67. The van der Waals surface area contributed by atoms with Crippen LogP contribution in [0.15, 0.2) is 94.0 Å². The second-order valence-corrected chi connectivity index (χ2v) is 8.25. The van der Waals surface area contributed by atoms with Gasteiger partial charge in [-0.3, -0.25) is 9.59 Å². The molecule has 1 aromatic carbocycles. The maximum absolute atomic E-state index is 13.7. The zero-order chi connectivity index (χ0) is 22.9. The average molecular weight is 443 g/mol.